The minimum absolute atomic E-state index is 0.0420. The highest BCUT2D eigenvalue weighted by Gasteiger charge is 2.50. The van der Waals surface area contributed by atoms with Crippen LogP contribution < -0.4 is 0 Å². The van der Waals surface area contributed by atoms with Crippen LogP contribution in [-0.2, 0) is 33.5 Å². The number of nitrogens with zero attached hydrogens (tertiary/aromatic N) is 1. The Morgan fingerprint density at radius 1 is 0.156 bits per heavy atom. The molecule has 1 aromatic heterocycles. The number of rotatable bonds is 61. The zero-order valence-electron chi connectivity index (χ0n) is 93.4. The van der Waals surface area contributed by atoms with E-state index in [0.717, 1.165) is 12.1 Å². The molecule has 0 atom stereocenters. The van der Waals surface area contributed by atoms with Crippen molar-refractivity contribution >= 4 is 10.8 Å². The SMILES string of the molecule is CCCCCCc1cnc(-c2cccc(-c3ccc4c(c3)C(CCCCCC)(CCCCCC)c3cc(-c5ccc6c(c5)C(CCCCCC)(CCCCCC)c5cc(-c7ccc8c(c7)C(CCCCCC)(CCCCCC)c7cc(-c9ccc%10c(c9)C(CCCCCC)(CCCCCC)c9cc(-c%11ccc%12c(c%11)C(CCCCCC)(CCCCCC)c%11ccccc%11-%12)ccc9-%10)ccc7-8)ccc5-6)ccc3-4)c2)c2ccccc12. The average molecular weight is 1950 g/mol. The number of fused-ring (bicyclic) bond motifs is 16. The Kier molecular flexibility index (Phi) is 36.9. The van der Waals surface area contributed by atoms with Gasteiger partial charge in [-0.1, -0.05) is 528 Å². The predicted octanol–water partition coefficient (Wildman–Crippen LogP) is 45.4. The molecule has 0 spiro atoms. The summed E-state index contributed by atoms with van der Waals surface area (Å²) < 4.78 is 0. The van der Waals surface area contributed by atoms with Crippen LogP contribution in [0.2, 0.25) is 0 Å². The maximum atomic E-state index is 5.34. The van der Waals surface area contributed by atoms with Gasteiger partial charge in [-0.3, -0.25) is 4.98 Å². The van der Waals surface area contributed by atoms with Gasteiger partial charge in [0.05, 0.1) is 5.69 Å². The summed E-state index contributed by atoms with van der Waals surface area (Å²) in [5, 5.41) is 2.61. The number of aryl methyl sites for hydroxylation is 1. The number of hydrogen-bond donors (Lipinski definition) is 0. The van der Waals surface area contributed by atoms with Gasteiger partial charge in [0.15, 0.2) is 0 Å². The highest BCUT2D eigenvalue weighted by Crippen LogP contribution is 2.64. The normalized spacial score (nSPS) is 14.5. The minimum Gasteiger partial charge on any atom is -0.255 e. The van der Waals surface area contributed by atoms with Crippen molar-refractivity contribution in [2.45, 2.75) is 456 Å². The van der Waals surface area contributed by atoms with Crippen molar-refractivity contribution in [3.63, 3.8) is 0 Å². The summed E-state index contributed by atoms with van der Waals surface area (Å²) in [4.78, 5) is 5.34. The average Bonchev–Trinajstić information content (AvgIpc) is 1.56. The van der Waals surface area contributed by atoms with E-state index in [4.69, 9.17) is 4.98 Å². The van der Waals surface area contributed by atoms with Gasteiger partial charge in [0, 0.05) is 44.2 Å². The molecule has 0 unspecified atom stereocenters. The van der Waals surface area contributed by atoms with Crippen molar-refractivity contribution in [3.05, 3.63) is 304 Å². The molecule has 0 saturated carbocycles. The van der Waals surface area contributed by atoms with Crippen LogP contribution in [0.1, 0.15) is 484 Å². The molecule has 5 aliphatic carbocycles. The van der Waals surface area contributed by atoms with E-state index in [1.165, 1.54) is 480 Å². The molecule has 147 heavy (non-hydrogen) atoms. The lowest BCUT2D eigenvalue weighted by Crippen LogP contribution is -2.26. The highest BCUT2D eigenvalue weighted by molar-refractivity contribution is 5.98. The van der Waals surface area contributed by atoms with Crippen LogP contribution >= 0.6 is 0 Å². The zero-order chi connectivity index (χ0) is 102. The van der Waals surface area contributed by atoms with Crippen LogP contribution in [-0.4, -0.2) is 4.98 Å². The molecule has 772 valence electrons. The lowest BCUT2D eigenvalue weighted by molar-refractivity contribution is 0.400. The molecule has 0 amide bonds. The smallest absolute Gasteiger partial charge is 0.0780 e. The fraction of sp³-hybridized carbons (Fsp3) is 0.486. The first-order chi connectivity index (χ1) is 72.4. The molecule has 0 saturated heterocycles. The van der Waals surface area contributed by atoms with Gasteiger partial charge in [-0.25, -0.2) is 0 Å². The Labute approximate surface area is 892 Å². The van der Waals surface area contributed by atoms with Crippen molar-refractivity contribution in [3.8, 4) is 123 Å². The molecule has 1 nitrogen and oxygen atoms in total. The number of benzene rings is 12. The van der Waals surface area contributed by atoms with Gasteiger partial charge in [0.25, 0.3) is 0 Å². The number of pyridine rings is 1. The van der Waals surface area contributed by atoms with Crippen LogP contribution in [0.5, 0.6) is 0 Å². The van der Waals surface area contributed by atoms with Crippen molar-refractivity contribution in [1.29, 1.82) is 0 Å². The third kappa shape index (κ3) is 22.2. The fourth-order valence-corrected chi connectivity index (χ4v) is 29.2. The van der Waals surface area contributed by atoms with Crippen LogP contribution in [0.3, 0.4) is 0 Å². The summed E-state index contributed by atoms with van der Waals surface area (Å²) in [6.07, 6.45) is 70.9. The molecule has 12 aromatic carbocycles. The van der Waals surface area contributed by atoms with Crippen molar-refractivity contribution < 1.29 is 0 Å². The molecule has 0 fully saturated rings. The third-order valence-corrected chi connectivity index (χ3v) is 37.3. The molecule has 5 aliphatic rings. The van der Waals surface area contributed by atoms with Gasteiger partial charge < -0.3 is 0 Å². The largest absolute Gasteiger partial charge is 0.255 e. The van der Waals surface area contributed by atoms with Crippen LogP contribution in [0.4, 0.5) is 0 Å². The Morgan fingerprint density at radius 2 is 0.354 bits per heavy atom. The second-order valence-electron chi connectivity index (χ2n) is 47.0. The maximum absolute atomic E-state index is 5.34. The standard InChI is InChI=1S/C146H183N/c1-12-23-34-45-61-118-106-147-141(130-66-47-46-64-119(118)130)117-63-60-62-107(96-117)108-68-78-122-123-80-71-111(100-134(123)143(133(122)97-108,88-52-37-26-15-4)89-53-38-27-16-5)112-72-82-126-127-84-75-115(104-138(127)145(137(126)101-112,92-56-41-30-19-8)93-57-42-31-20-9)116-76-85-129-128-83-74-114(103-139(128)146(140(129)105-116,94-58-43-32-21-10)95-59-44-33-22-11)113-73-81-125-124-79-70-110(99-135(124)144(136(125)102-113,90-54-39-28-17-6)91-55-40-29-18-7)109-69-77-121-120-65-48-49-67-131(120)142(132(121)98-109,86-50-35-24-13-2)87-51-36-25-14-3/h46-49,60,62-85,96-106H,12-45,50-59,61,86-95H2,1-11H3. The first-order valence-electron chi connectivity index (χ1n) is 61.3. The molecular weight excluding hydrogens is 1770 g/mol. The first kappa shape index (κ1) is 107. The fourth-order valence-electron chi connectivity index (χ4n) is 29.2. The van der Waals surface area contributed by atoms with Crippen molar-refractivity contribution in [2.24, 2.45) is 0 Å². The van der Waals surface area contributed by atoms with E-state index in [9.17, 15) is 0 Å². The van der Waals surface area contributed by atoms with E-state index < -0.39 is 0 Å². The van der Waals surface area contributed by atoms with E-state index >= 15 is 0 Å². The molecule has 0 bridgehead atoms. The molecule has 1 heteroatoms. The van der Waals surface area contributed by atoms with Gasteiger partial charge in [0.1, 0.15) is 0 Å². The van der Waals surface area contributed by atoms with Gasteiger partial charge >= 0.3 is 0 Å². The second kappa shape index (κ2) is 50.8. The topological polar surface area (TPSA) is 12.9 Å². The lowest BCUT2D eigenvalue weighted by Gasteiger charge is -2.34. The van der Waals surface area contributed by atoms with E-state index in [1.807, 2.05) is 0 Å². The molecule has 0 N–H and O–H groups in total. The van der Waals surface area contributed by atoms with Gasteiger partial charge in [0.2, 0.25) is 0 Å². The molecule has 13 aromatic rings. The van der Waals surface area contributed by atoms with Crippen molar-refractivity contribution in [1.82, 2.24) is 4.98 Å². The second-order valence-corrected chi connectivity index (χ2v) is 47.0. The van der Waals surface area contributed by atoms with Crippen molar-refractivity contribution in [2.75, 3.05) is 0 Å². The molecule has 18 rings (SSSR count). The van der Waals surface area contributed by atoms with Crippen LogP contribution in [0, 0.1) is 0 Å². The van der Waals surface area contributed by atoms with Gasteiger partial charge in [-0.05, 0) is 316 Å². The molecule has 0 aliphatic heterocycles. The number of aromatic nitrogens is 1. The quantitative estimate of drug-likeness (QED) is 0.0346. The third-order valence-electron chi connectivity index (χ3n) is 37.3. The summed E-state index contributed by atoms with van der Waals surface area (Å²) in [7, 11) is 0. The summed E-state index contributed by atoms with van der Waals surface area (Å²) in [5.41, 5.74) is 47.7. The Bertz CT molecular complexity index is 6440. The summed E-state index contributed by atoms with van der Waals surface area (Å²) in [6.45, 7) is 26.3. The first-order valence-corrected chi connectivity index (χ1v) is 61.3. The van der Waals surface area contributed by atoms with E-state index in [-0.39, 0.29) is 27.1 Å². The Morgan fingerprint density at radius 3 is 0.599 bits per heavy atom. The number of hydrogen-bond acceptors (Lipinski definition) is 1. The lowest BCUT2D eigenvalue weighted by atomic mass is 9.69. The summed E-state index contributed by atoms with van der Waals surface area (Å²) in [6, 6.07) is 99.3. The van der Waals surface area contributed by atoms with E-state index in [2.05, 4.69) is 319 Å². The highest BCUT2D eigenvalue weighted by atomic mass is 14.7. The molecule has 1 heterocycles. The Balaban J connectivity index is 0.714. The predicted molar refractivity (Wildman–Crippen MR) is 641 cm³/mol. The van der Waals surface area contributed by atoms with Gasteiger partial charge in [-0.15, -0.1) is 0 Å². The Hall–Kier alpha value is -9.95. The summed E-state index contributed by atoms with van der Waals surface area (Å²) in [5.74, 6) is 0. The monoisotopic (exact) mass is 1950 g/mol. The van der Waals surface area contributed by atoms with Crippen LogP contribution in [0.25, 0.3) is 133 Å². The zero-order valence-corrected chi connectivity index (χ0v) is 93.4. The molecule has 0 radical (unpaired) electrons. The van der Waals surface area contributed by atoms with E-state index in [0.29, 0.717) is 0 Å². The number of unbranched alkanes of at least 4 members (excludes halogenated alkanes) is 33. The molecular formula is C146H183N. The minimum atomic E-state index is -0.120. The van der Waals surface area contributed by atoms with Gasteiger partial charge in [-0.2, -0.15) is 0 Å². The van der Waals surface area contributed by atoms with E-state index in [1.54, 1.807) is 55.6 Å². The van der Waals surface area contributed by atoms with Crippen LogP contribution in [0.15, 0.2) is 243 Å². The maximum Gasteiger partial charge on any atom is 0.0780 e. The summed E-state index contributed by atoms with van der Waals surface area (Å²) >= 11 is 0.